The van der Waals surface area contributed by atoms with Crippen molar-refractivity contribution >= 4 is 17.5 Å². The Bertz CT molecular complexity index is 1230. The van der Waals surface area contributed by atoms with Gasteiger partial charge >= 0.3 is 6.18 Å². The van der Waals surface area contributed by atoms with Crippen molar-refractivity contribution in [2.75, 3.05) is 24.5 Å². The fourth-order valence-electron chi connectivity index (χ4n) is 5.60. The Labute approximate surface area is 199 Å². The summed E-state index contributed by atoms with van der Waals surface area (Å²) in [4.78, 5) is 12.4. The van der Waals surface area contributed by atoms with Crippen LogP contribution in [-0.2, 0) is 13.1 Å². The molecule has 7 nitrogen and oxygen atoms in total. The van der Waals surface area contributed by atoms with Crippen molar-refractivity contribution in [2.24, 2.45) is 5.41 Å². The average molecular weight is 490 g/mol. The number of anilines is 1. The number of alkyl halides is 3. The van der Waals surface area contributed by atoms with Crippen LogP contribution in [0.2, 0.25) is 5.02 Å². The predicted octanol–water partition coefficient (Wildman–Crippen LogP) is 4.28. The van der Waals surface area contributed by atoms with Crippen LogP contribution in [0.3, 0.4) is 0 Å². The van der Waals surface area contributed by atoms with Gasteiger partial charge in [0.25, 0.3) is 0 Å². The number of benzene rings is 1. The van der Waals surface area contributed by atoms with E-state index in [1.165, 1.54) is 4.90 Å². The standard InChI is InChI=1S/C23H23ClF3N7/c1-14-7-28-21(29-8-14)33-11-22(12-33)5-16(6-22)20-31-30-19-10-32(13-23(25,26)27)9-15-4-17(24)2-3-18(15)34(19)20/h2-4,7-8,16H,5-6,9-13H2,1H3. The fraction of sp³-hybridized carbons (Fsp3) is 0.478. The van der Waals surface area contributed by atoms with Crippen LogP contribution in [0.15, 0.2) is 30.6 Å². The van der Waals surface area contributed by atoms with Gasteiger partial charge in [0.2, 0.25) is 5.95 Å². The van der Waals surface area contributed by atoms with Crippen LogP contribution in [0, 0.1) is 12.3 Å². The maximum atomic E-state index is 13.2. The Hall–Kier alpha value is -2.72. The molecule has 6 rings (SSSR count). The highest BCUT2D eigenvalue weighted by Gasteiger charge is 2.54. The van der Waals surface area contributed by atoms with Crippen LogP contribution in [0.25, 0.3) is 5.69 Å². The number of rotatable bonds is 3. The second-order valence-corrected chi connectivity index (χ2v) is 10.3. The van der Waals surface area contributed by atoms with E-state index in [2.05, 4.69) is 25.1 Å². The molecule has 0 amide bonds. The third-order valence-electron chi connectivity index (χ3n) is 7.03. The van der Waals surface area contributed by atoms with E-state index < -0.39 is 12.7 Å². The average Bonchev–Trinajstić information content (AvgIpc) is 3.02. The van der Waals surface area contributed by atoms with Crippen LogP contribution in [-0.4, -0.2) is 55.4 Å². The minimum Gasteiger partial charge on any atom is -0.340 e. The van der Waals surface area contributed by atoms with E-state index in [4.69, 9.17) is 11.6 Å². The molecule has 4 heterocycles. The molecule has 0 radical (unpaired) electrons. The molecular formula is C23H23ClF3N7. The third-order valence-corrected chi connectivity index (χ3v) is 7.26. The summed E-state index contributed by atoms with van der Waals surface area (Å²) in [6.45, 7) is 2.99. The van der Waals surface area contributed by atoms with Crippen LogP contribution in [0.5, 0.6) is 0 Å². The van der Waals surface area contributed by atoms with Gasteiger partial charge in [0, 0.05) is 48.4 Å². The van der Waals surface area contributed by atoms with Crippen LogP contribution < -0.4 is 4.90 Å². The van der Waals surface area contributed by atoms with Crippen LogP contribution in [0.1, 0.15) is 41.5 Å². The second kappa shape index (κ2) is 7.64. The first-order valence-corrected chi connectivity index (χ1v) is 11.6. The molecule has 178 valence electrons. The molecule has 3 aromatic rings. The van der Waals surface area contributed by atoms with Crippen molar-refractivity contribution in [1.82, 2.24) is 29.6 Å². The Kier molecular flexibility index (Phi) is 4.90. The van der Waals surface area contributed by atoms with Gasteiger partial charge in [-0.25, -0.2) is 9.97 Å². The maximum Gasteiger partial charge on any atom is 0.401 e. The Morgan fingerprint density at radius 2 is 1.82 bits per heavy atom. The monoisotopic (exact) mass is 489 g/mol. The lowest BCUT2D eigenvalue weighted by molar-refractivity contribution is -0.148. The van der Waals surface area contributed by atoms with Gasteiger partial charge in [0.05, 0.1) is 18.8 Å². The molecule has 2 aliphatic heterocycles. The summed E-state index contributed by atoms with van der Waals surface area (Å²) in [5.41, 5.74) is 2.80. The number of halogens is 4. The molecular weight excluding hydrogens is 467 g/mol. The molecule has 34 heavy (non-hydrogen) atoms. The van der Waals surface area contributed by atoms with Gasteiger partial charge in [-0.05, 0) is 49.1 Å². The Morgan fingerprint density at radius 1 is 1.09 bits per heavy atom. The molecule has 1 spiro atoms. The van der Waals surface area contributed by atoms with Crippen LogP contribution in [0.4, 0.5) is 19.1 Å². The first-order chi connectivity index (χ1) is 16.2. The lowest BCUT2D eigenvalue weighted by Gasteiger charge is -2.58. The van der Waals surface area contributed by atoms with Crippen molar-refractivity contribution < 1.29 is 13.2 Å². The highest BCUT2D eigenvalue weighted by molar-refractivity contribution is 6.30. The van der Waals surface area contributed by atoms with Gasteiger partial charge in [0.15, 0.2) is 5.82 Å². The van der Waals surface area contributed by atoms with E-state index >= 15 is 0 Å². The number of aromatic nitrogens is 5. The van der Waals surface area contributed by atoms with Gasteiger partial charge < -0.3 is 4.90 Å². The Morgan fingerprint density at radius 3 is 2.53 bits per heavy atom. The number of aryl methyl sites for hydroxylation is 1. The zero-order valence-electron chi connectivity index (χ0n) is 18.6. The highest BCUT2D eigenvalue weighted by atomic mass is 35.5. The zero-order valence-corrected chi connectivity index (χ0v) is 19.3. The van der Waals surface area contributed by atoms with Crippen molar-refractivity contribution in [3.8, 4) is 5.69 Å². The zero-order chi connectivity index (χ0) is 23.7. The summed E-state index contributed by atoms with van der Waals surface area (Å²) in [6.07, 6.45) is 1.28. The molecule has 2 fully saturated rings. The quantitative estimate of drug-likeness (QED) is 0.547. The largest absolute Gasteiger partial charge is 0.401 e. The molecule has 1 saturated carbocycles. The van der Waals surface area contributed by atoms with Gasteiger partial charge in [-0.3, -0.25) is 9.47 Å². The topological polar surface area (TPSA) is 63.0 Å². The SMILES string of the molecule is Cc1cnc(N2CC3(CC(c4nnc5n4-c4ccc(Cl)cc4CN(CC(F)(F)F)C5)C3)C2)nc1. The summed E-state index contributed by atoms with van der Waals surface area (Å²) in [5, 5.41) is 9.28. The molecule has 0 bridgehead atoms. The normalized spacial score (nSPS) is 19.9. The first kappa shape index (κ1) is 21.8. The smallest absolute Gasteiger partial charge is 0.340 e. The molecule has 2 aromatic heterocycles. The molecule has 3 aliphatic rings. The predicted molar refractivity (Wildman–Crippen MR) is 120 cm³/mol. The third kappa shape index (κ3) is 3.82. The van der Waals surface area contributed by atoms with E-state index in [0.29, 0.717) is 10.8 Å². The van der Waals surface area contributed by atoms with Gasteiger partial charge in [0.1, 0.15) is 5.82 Å². The molecule has 0 N–H and O–H groups in total. The lowest BCUT2D eigenvalue weighted by Crippen LogP contribution is -2.62. The minimum absolute atomic E-state index is 0.0786. The molecule has 0 unspecified atom stereocenters. The van der Waals surface area contributed by atoms with Gasteiger partial charge in [-0.2, -0.15) is 13.2 Å². The number of fused-ring (bicyclic) bond motifs is 3. The van der Waals surface area contributed by atoms with Crippen molar-refractivity contribution in [3.05, 3.63) is 58.4 Å². The van der Waals surface area contributed by atoms with Gasteiger partial charge in [-0.1, -0.05) is 11.6 Å². The molecule has 1 aromatic carbocycles. The van der Waals surface area contributed by atoms with Crippen molar-refractivity contribution in [3.63, 3.8) is 0 Å². The summed E-state index contributed by atoms with van der Waals surface area (Å²) in [5.74, 6) is 2.32. The summed E-state index contributed by atoms with van der Waals surface area (Å²) in [7, 11) is 0. The number of hydrogen-bond donors (Lipinski definition) is 0. The molecule has 11 heteroatoms. The lowest BCUT2D eigenvalue weighted by atomic mass is 9.57. The molecule has 1 aliphatic carbocycles. The van der Waals surface area contributed by atoms with E-state index in [0.717, 1.165) is 54.5 Å². The second-order valence-electron chi connectivity index (χ2n) is 9.86. The van der Waals surface area contributed by atoms with Gasteiger partial charge in [-0.15, -0.1) is 10.2 Å². The fourth-order valence-corrected chi connectivity index (χ4v) is 5.80. The molecule has 1 saturated heterocycles. The summed E-state index contributed by atoms with van der Waals surface area (Å²) in [6, 6.07) is 5.37. The number of nitrogens with zero attached hydrogens (tertiary/aromatic N) is 7. The van der Waals surface area contributed by atoms with Crippen molar-refractivity contribution in [2.45, 2.75) is 44.9 Å². The Balaban J connectivity index is 1.24. The summed E-state index contributed by atoms with van der Waals surface area (Å²) >= 11 is 6.19. The van der Waals surface area contributed by atoms with E-state index in [1.807, 2.05) is 30.0 Å². The maximum absolute atomic E-state index is 13.2. The summed E-state index contributed by atoms with van der Waals surface area (Å²) < 4.78 is 41.5. The minimum atomic E-state index is -4.30. The van der Waals surface area contributed by atoms with E-state index in [9.17, 15) is 13.2 Å². The highest BCUT2D eigenvalue weighted by Crippen LogP contribution is 2.56. The first-order valence-electron chi connectivity index (χ1n) is 11.2. The molecule has 0 atom stereocenters. The van der Waals surface area contributed by atoms with E-state index in [-0.39, 0.29) is 24.4 Å². The number of hydrogen-bond acceptors (Lipinski definition) is 6. The van der Waals surface area contributed by atoms with Crippen LogP contribution >= 0.6 is 11.6 Å². The van der Waals surface area contributed by atoms with Crippen molar-refractivity contribution in [1.29, 1.82) is 0 Å². The van der Waals surface area contributed by atoms with E-state index in [1.54, 1.807) is 12.1 Å².